The molecule has 13 heteroatoms. The normalized spacial score (nSPS) is 19.4. The number of hydrogen-bond acceptors (Lipinski definition) is 6. The molecule has 2 atom stereocenters. The molecule has 0 spiro atoms. The number of amides is 2. The molecule has 5 rings (SSSR count). The third kappa shape index (κ3) is 6.02. The molecule has 0 bridgehead atoms. The minimum atomic E-state index is -4.38. The molecule has 2 aromatic carbocycles. The number of aromatic nitrogens is 1. The molecule has 2 aliphatic heterocycles. The number of carboxylic acid groups (broad SMARTS) is 1. The largest absolute Gasteiger partial charge is 0.465 e. The third-order valence-electron chi connectivity index (χ3n) is 7.82. The van der Waals surface area contributed by atoms with Gasteiger partial charge in [-0.25, -0.2) is 22.6 Å². The molecule has 0 saturated carbocycles. The fourth-order valence-corrected chi connectivity index (χ4v) is 7.63. The Morgan fingerprint density at radius 2 is 1.73 bits per heavy atom. The molecule has 1 unspecified atom stereocenters. The highest BCUT2D eigenvalue weighted by Crippen LogP contribution is 2.43. The fraction of sp³-hybridized carbons (Fsp3) is 0.452. The maximum Gasteiger partial charge on any atom is 0.420 e. The second-order valence-electron chi connectivity index (χ2n) is 13.3. The molecule has 1 aromatic heterocycles. The Hall–Kier alpha value is -3.61. The molecule has 44 heavy (non-hydrogen) atoms. The zero-order valence-corrected chi connectivity index (χ0v) is 27.1. The highest BCUT2D eigenvalue weighted by Gasteiger charge is 2.41. The van der Waals surface area contributed by atoms with E-state index in [1.807, 2.05) is 32.9 Å². The van der Waals surface area contributed by atoms with Crippen molar-refractivity contribution in [1.29, 1.82) is 0 Å². The van der Waals surface area contributed by atoms with E-state index in [0.717, 1.165) is 15.7 Å². The highest BCUT2D eigenvalue weighted by molar-refractivity contribution is 7.89. The van der Waals surface area contributed by atoms with Crippen molar-refractivity contribution in [2.24, 2.45) is 5.41 Å². The summed E-state index contributed by atoms with van der Waals surface area (Å²) in [5.74, 6) is -0.424. The van der Waals surface area contributed by atoms with Crippen LogP contribution in [0.3, 0.4) is 0 Å². The van der Waals surface area contributed by atoms with Crippen LogP contribution in [0.25, 0.3) is 10.9 Å². The monoisotopic (exact) mass is 644 g/mol. The molecule has 1 fully saturated rings. The Labute approximate surface area is 261 Å². The molecule has 0 aliphatic carbocycles. The minimum absolute atomic E-state index is 0.213. The molecule has 236 valence electrons. The summed E-state index contributed by atoms with van der Waals surface area (Å²) in [6.45, 7) is 11.6. The Morgan fingerprint density at radius 3 is 2.36 bits per heavy atom. The van der Waals surface area contributed by atoms with Crippen LogP contribution < -0.4 is 9.62 Å². The summed E-state index contributed by atoms with van der Waals surface area (Å²) in [7, 11) is -4.38. The Balaban J connectivity index is 1.42. The zero-order chi connectivity index (χ0) is 32.4. The van der Waals surface area contributed by atoms with E-state index in [1.54, 1.807) is 39.0 Å². The summed E-state index contributed by atoms with van der Waals surface area (Å²) < 4.78 is 36.4. The van der Waals surface area contributed by atoms with Crippen LogP contribution in [-0.2, 0) is 26.0 Å². The van der Waals surface area contributed by atoms with Crippen molar-refractivity contribution in [3.63, 3.8) is 0 Å². The van der Waals surface area contributed by atoms with E-state index >= 15 is 0 Å². The van der Waals surface area contributed by atoms with Gasteiger partial charge in [0.2, 0.25) is 5.91 Å². The van der Waals surface area contributed by atoms with E-state index in [0.29, 0.717) is 29.1 Å². The third-order valence-corrected chi connectivity index (χ3v) is 9.50. The van der Waals surface area contributed by atoms with Crippen molar-refractivity contribution in [2.75, 3.05) is 18.0 Å². The van der Waals surface area contributed by atoms with E-state index in [9.17, 15) is 27.9 Å². The van der Waals surface area contributed by atoms with Crippen molar-refractivity contribution in [3.8, 4) is 0 Å². The maximum absolute atomic E-state index is 13.7. The topological polar surface area (TPSA) is 138 Å². The van der Waals surface area contributed by atoms with Crippen LogP contribution in [0.2, 0.25) is 5.02 Å². The summed E-state index contributed by atoms with van der Waals surface area (Å²) in [6, 6.07) is 10.2. The van der Waals surface area contributed by atoms with Gasteiger partial charge in [-0.05, 0) is 80.5 Å². The molecule has 3 heterocycles. The van der Waals surface area contributed by atoms with Crippen LogP contribution in [-0.4, -0.2) is 65.8 Å². The lowest BCUT2D eigenvalue weighted by Crippen LogP contribution is -2.45. The van der Waals surface area contributed by atoms with Gasteiger partial charge in [-0.2, -0.15) is 4.72 Å². The molecule has 2 aliphatic rings. The zero-order valence-electron chi connectivity index (χ0n) is 25.5. The summed E-state index contributed by atoms with van der Waals surface area (Å²) in [4.78, 5) is 41.7. The number of carbonyl (C=O) groups is 3. The van der Waals surface area contributed by atoms with E-state index in [2.05, 4.69) is 4.72 Å². The van der Waals surface area contributed by atoms with Crippen molar-refractivity contribution < 1.29 is 32.6 Å². The first kappa shape index (κ1) is 31.8. The number of ether oxygens (including phenoxy) is 1. The number of sulfonamides is 1. The van der Waals surface area contributed by atoms with Crippen LogP contribution in [0.4, 0.5) is 15.3 Å². The van der Waals surface area contributed by atoms with Gasteiger partial charge >= 0.3 is 12.2 Å². The van der Waals surface area contributed by atoms with Gasteiger partial charge in [0.05, 0.1) is 11.6 Å². The Kier molecular flexibility index (Phi) is 8.01. The molecular formula is C31H37ClN4O7S. The molecule has 0 radical (unpaired) electrons. The quantitative estimate of drug-likeness (QED) is 0.367. The van der Waals surface area contributed by atoms with Gasteiger partial charge in [-0.1, -0.05) is 44.5 Å². The van der Waals surface area contributed by atoms with Gasteiger partial charge in [-0.15, -0.1) is 0 Å². The minimum Gasteiger partial charge on any atom is -0.465 e. The molecule has 11 nitrogen and oxygen atoms in total. The number of hydrogen-bond donors (Lipinski definition) is 2. The Bertz CT molecular complexity index is 1770. The number of halogens is 1. The van der Waals surface area contributed by atoms with E-state index in [1.165, 1.54) is 21.9 Å². The van der Waals surface area contributed by atoms with Crippen LogP contribution in [0.5, 0.6) is 0 Å². The van der Waals surface area contributed by atoms with Gasteiger partial charge < -0.3 is 19.6 Å². The smallest absolute Gasteiger partial charge is 0.420 e. The van der Waals surface area contributed by atoms with Crippen molar-refractivity contribution >= 4 is 56.3 Å². The molecule has 1 saturated heterocycles. The highest BCUT2D eigenvalue weighted by atomic mass is 35.5. The molecule has 3 aromatic rings. The number of nitrogens with one attached hydrogen (secondary N) is 1. The predicted molar refractivity (Wildman–Crippen MR) is 167 cm³/mol. The molecule has 2 amide bonds. The number of anilines is 1. The van der Waals surface area contributed by atoms with Gasteiger partial charge in [0, 0.05) is 29.2 Å². The van der Waals surface area contributed by atoms with Crippen molar-refractivity contribution in [2.45, 2.75) is 77.1 Å². The SMILES string of the molecule is CC(C)(C)OC(=O)n1c(S(=O)(=O)N[C@H]2CCN(c3ccc4c(c3)CCN(C(=O)O)C4C(C)(C)C)C2=O)cc2ccc(Cl)cc21. The maximum atomic E-state index is 13.7. The van der Waals surface area contributed by atoms with Gasteiger partial charge in [0.25, 0.3) is 10.0 Å². The van der Waals surface area contributed by atoms with Crippen molar-refractivity contribution in [1.82, 2.24) is 14.2 Å². The van der Waals surface area contributed by atoms with Crippen LogP contribution >= 0.6 is 11.6 Å². The first-order valence-corrected chi connectivity index (χ1v) is 16.2. The second kappa shape index (κ2) is 11.1. The van der Waals surface area contributed by atoms with E-state index < -0.39 is 39.8 Å². The summed E-state index contributed by atoms with van der Waals surface area (Å²) in [5.41, 5.74) is 1.48. The second-order valence-corrected chi connectivity index (χ2v) is 15.4. The van der Waals surface area contributed by atoms with Gasteiger partial charge in [-0.3, -0.25) is 4.79 Å². The van der Waals surface area contributed by atoms with Gasteiger partial charge in [0.1, 0.15) is 11.6 Å². The number of rotatable bonds is 4. The van der Waals surface area contributed by atoms with E-state index in [-0.39, 0.29) is 35.0 Å². The lowest BCUT2D eigenvalue weighted by Gasteiger charge is -2.43. The molecule has 2 N–H and O–H groups in total. The first-order valence-electron chi connectivity index (χ1n) is 14.4. The number of carbonyl (C=O) groups excluding carboxylic acids is 2. The lowest BCUT2D eigenvalue weighted by atomic mass is 9.77. The molecular weight excluding hydrogens is 608 g/mol. The lowest BCUT2D eigenvalue weighted by molar-refractivity contribution is -0.118. The van der Waals surface area contributed by atoms with Crippen molar-refractivity contribution in [3.05, 3.63) is 58.6 Å². The number of nitrogens with zero attached hydrogens (tertiary/aromatic N) is 3. The summed E-state index contributed by atoms with van der Waals surface area (Å²) >= 11 is 6.17. The van der Waals surface area contributed by atoms with E-state index in [4.69, 9.17) is 16.3 Å². The summed E-state index contributed by atoms with van der Waals surface area (Å²) in [5, 5.41) is 10.2. The average molecular weight is 645 g/mol. The Morgan fingerprint density at radius 1 is 1.02 bits per heavy atom. The fourth-order valence-electron chi connectivity index (χ4n) is 6.06. The van der Waals surface area contributed by atoms with Crippen LogP contribution in [0.15, 0.2) is 47.5 Å². The first-order chi connectivity index (χ1) is 20.4. The van der Waals surface area contributed by atoms with Crippen LogP contribution in [0, 0.1) is 5.41 Å². The number of benzene rings is 2. The standard InChI is InChI=1S/C31H37ClN4O7S/c1-30(2,3)26-22-10-9-21(15-18(22)11-13-35(26)28(38)39)34-14-12-23(27(34)37)33-44(41,42)25-16-19-7-8-20(32)17-24(19)36(25)29(40)43-31(4,5)6/h7-10,15-17,23,26,33H,11-14H2,1-6H3,(H,38,39)/t23-,26?/m0/s1. The van der Waals surface area contributed by atoms with Gasteiger partial charge in [0.15, 0.2) is 5.03 Å². The van der Waals surface area contributed by atoms with Crippen LogP contribution in [0.1, 0.15) is 65.1 Å². The average Bonchev–Trinajstić information content (AvgIpc) is 3.46. The number of fused-ring (bicyclic) bond motifs is 2. The summed E-state index contributed by atoms with van der Waals surface area (Å²) in [6.07, 6.45) is -1.15. The predicted octanol–water partition coefficient (Wildman–Crippen LogP) is 5.79.